The third-order valence-electron chi connectivity index (χ3n) is 7.03. The molecule has 0 aliphatic heterocycles. The fourth-order valence-electron chi connectivity index (χ4n) is 5.08. The Morgan fingerprint density at radius 1 is 0.720 bits per heavy atom. The maximum absolute atomic E-state index is 4.67. The lowest BCUT2D eigenvalue weighted by Gasteiger charge is -2.29. The molecular formula is C23H38N2. The van der Waals surface area contributed by atoms with E-state index in [0.717, 1.165) is 11.8 Å². The Labute approximate surface area is 155 Å². The van der Waals surface area contributed by atoms with E-state index in [-0.39, 0.29) is 0 Å². The summed E-state index contributed by atoms with van der Waals surface area (Å²) in [6.07, 6.45) is 17.8. The van der Waals surface area contributed by atoms with Gasteiger partial charge in [0.25, 0.3) is 0 Å². The smallest absolute Gasteiger partial charge is 0.0662 e. The average molecular weight is 343 g/mol. The lowest BCUT2D eigenvalue weighted by atomic mass is 9.78. The Morgan fingerprint density at radius 3 is 1.68 bits per heavy atom. The number of nitrogens with zero attached hydrogens (tertiary/aromatic N) is 2. The first-order valence-corrected chi connectivity index (χ1v) is 11.1. The van der Waals surface area contributed by atoms with E-state index in [4.69, 9.17) is 0 Å². The zero-order valence-electron chi connectivity index (χ0n) is 16.6. The van der Waals surface area contributed by atoms with Crippen molar-refractivity contribution in [3.05, 3.63) is 23.5 Å². The summed E-state index contributed by atoms with van der Waals surface area (Å²) in [5.41, 5.74) is 2.52. The minimum atomic E-state index is 0.665. The Hall–Kier alpha value is -0.920. The molecule has 0 amide bonds. The molecule has 1 heterocycles. The van der Waals surface area contributed by atoms with Crippen molar-refractivity contribution < 1.29 is 0 Å². The van der Waals surface area contributed by atoms with Gasteiger partial charge in [-0.25, -0.2) is 0 Å². The third-order valence-corrected chi connectivity index (χ3v) is 7.03. The van der Waals surface area contributed by atoms with Crippen LogP contribution in [0.5, 0.6) is 0 Å². The number of rotatable bonds is 7. The van der Waals surface area contributed by atoms with Crippen LogP contribution in [0.15, 0.2) is 12.1 Å². The normalized spacial score (nSPS) is 30.3. The summed E-state index contributed by atoms with van der Waals surface area (Å²) in [7, 11) is 0. The quantitative estimate of drug-likeness (QED) is 0.498. The summed E-state index contributed by atoms with van der Waals surface area (Å²) in [4.78, 5) is 0. The van der Waals surface area contributed by atoms with Crippen molar-refractivity contribution in [2.75, 3.05) is 0 Å². The molecule has 2 heteroatoms. The van der Waals surface area contributed by atoms with E-state index in [2.05, 4.69) is 36.2 Å². The van der Waals surface area contributed by atoms with Crippen LogP contribution in [0.25, 0.3) is 0 Å². The van der Waals surface area contributed by atoms with E-state index in [0.29, 0.717) is 11.8 Å². The van der Waals surface area contributed by atoms with Gasteiger partial charge >= 0.3 is 0 Å². The molecule has 3 rings (SSSR count). The molecule has 0 bridgehead atoms. The summed E-state index contributed by atoms with van der Waals surface area (Å²) >= 11 is 0. The maximum atomic E-state index is 4.67. The molecule has 2 aliphatic carbocycles. The zero-order chi connectivity index (χ0) is 17.5. The topological polar surface area (TPSA) is 25.8 Å². The molecule has 2 saturated carbocycles. The van der Waals surface area contributed by atoms with Crippen LogP contribution >= 0.6 is 0 Å². The molecule has 0 N–H and O–H groups in total. The Balaban J connectivity index is 1.47. The third kappa shape index (κ3) is 5.28. The van der Waals surface area contributed by atoms with E-state index in [9.17, 15) is 0 Å². The molecule has 2 fully saturated rings. The second-order valence-electron chi connectivity index (χ2n) is 8.72. The molecule has 1 aromatic heterocycles. The summed E-state index contributed by atoms with van der Waals surface area (Å²) in [6.45, 7) is 4.63. The van der Waals surface area contributed by atoms with Crippen LogP contribution < -0.4 is 0 Å². The van der Waals surface area contributed by atoms with Gasteiger partial charge in [0.05, 0.1) is 11.4 Å². The fourth-order valence-corrected chi connectivity index (χ4v) is 5.08. The first-order chi connectivity index (χ1) is 12.3. The fraction of sp³-hybridized carbons (Fsp3) is 0.826. The standard InChI is InChI=1S/C23H38N2/c1-3-5-6-7-19-10-14-21(15-11-19)23-17-16-22(24-25-23)20-12-8-18(4-2)9-13-20/h16-21H,3-15H2,1-2H3/t18-,19-,20-,21-. The van der Waals surface area contributed by atoms with Gasteiger partial charge in [-0.1, -0.05) is 46.0 Å². The van der Waals surface area contributed by atoms with E-state index < -0.39 is 0 Å². The first kappa shape index (κ1) is 18.9. The van der Waals surface area contributed by atoms with Gasteiger partial charge in [0.2, 0.25) is 0 Å². The number of hydrogen-bond donors (Lipinski definition) is 0. The molecule has 2 aliphatic rings. The van der Waals surface area contributed by atoms with Crippen molar-refractivity contribution in [1.29, 1.82) is 0 Å². The highest BCUT2D eigenvalue weighted by Crippen LogP contribution is 2.38. The van der Waals surface area contributed by atoms with Crippen LogP contribution in [0, 0.1) is 11.8 Å². The van der Waals surface area contributed by atoms with Gasteiger partial charge in [-0.05, 0) is 75.3 Å². The Morgan fingerprint density at radius 2 is 1.24 bits per heavy atom. The van der Waals surface area contributed by atoms with E-state index >= 15 is 0 Å². The first-order valence-electron chi connectivity index (χ1n) is 11.1. The number of aromatic nitrogens is 2. The molecule has 0 spiro atoms. The molecular weight excluding hydrogens is 304 g/mol. The average Bonchev–Trinajstić information content (AvgIpc) is 2.69. The maximum Gasteiger partial charge on any atom is 0.0662 e. The van der Waals surface area contributed by atoms with Gasteiger partial charge in [-0.15, -0.1) is 0 Å². The van der Waals surface area contributed by atoms with Crippen LogP contribution in [0.1, 0.15) is 121 Å². The summed E-state index contributed by atoms with van der Waals surface area (Å²) in [5, 5.41) is 9.33. The van der Waals surface area contributed by atoms with Gasteiger partial charge in [0, 0.05) is 11.8 Å². The number of unbranched alkanes of at least 4 members (excludes halogenated alkanes) is 2. The minimum absolute atomic E-state index is 0.665. The van der Waals surface area contributed by atoms with Crippen molar-refractivity contribution in [2.45, 2.75) is 109 Å². The second-order valence-corrected chi connectivity index (χ2v) is 8.72. The predicted octanol–water partition coefficient (Wildman–Crippen LogP) is 7.01. The molecule has 0 aromatic carbocycles. The lowest BCUT2D eigenvalue weighted by molar-refractivity contribution is 0.298. The highest BCUT2D eigenvalue weighted by Gasteiger charge is 2.25. The van der Waals surface area contributed by atoms with Gasteiger partial charge < -0.3 is 0 Å². The second kappa shape index (κ2) is 9.69. The van der Waals surface area contributed by atoms with Gasteiger partial charge in [0.15, 0.2) is 0 Å². The van der Waals surface area contributed by atoms with Crippen molar-refractivity contribution in [3.63, 3.8) is 0 Å². The van der Waals surface area contributed by atoms with Gasteiger partial charge in [0.1, 0.15) is 0 Å². The monoisotopic (exact) mass is 342 g/mol. The van der Waals surface area contributed by atoms with E-state index in [1.54, 1.807) is 0 Å². The van der Waals surface area contributed by atoms with Crippen LogP contribution in [-0.2, 0) is 0 Å². The zero-order valence-corrected chi connectivity index (χ0v) is 16.6. The summed E-state index contributed by atoms with van der Waals surface area (Å²) in [5.74, 6) is 3.26. The van der Waals surface area contributed by atoms with Crippen molar-refractivity contribution in [3.8, 4) is 0 Å². The number of hydrogen-bond acceptors (Lipinski definition) is 2. The molecule has 0 saturated heterocycles. The van der Waals surface area contributed by atoms with Gasteiger partial charge in [-0.3, -0.25) is 0 Å². The van der Waals surface area contributed by atoms with Crippen molar-refractivity contribution >= 4 is 0 Å². The molecule has 0 unspecified atom stereocenters. The summed E-state index contributed by atoms with van der Waals surface area (Å²) < 4.78 is 0. The highest BCUT2D eigenvalue weighted by molar-refractivity contribution is 5.15. The summed E-state index contributed by atoms with van der Waals surface area (Å²) in [6, 6.07) is 4.60. The predicted molar refractivity (Wildman–Crippen MR) is 106 cm³/mol. The van der Waals surface area contributed by atoms with E-state index in [1.807, 2.05) is 0 Å². The minimum Gasteiger partial charge on any atom is -0.155 e. The molecule has 0 atom stereocenters. The van der Waals surface area contributed by atoms with Crippen molar-refractivity contribution in [2.24, 2.45) is 11.8 Å². The molecule has 0 radical (unpaired) electrons. The SMILES string of the molecule is CCCCC[C@H]1CC[C@H](c2ccc([C@H]3CC[C@H](CC)CC3)nn2)CC1. The highest BCUT2D eigenvalue weighted by atomic mass is 15.1. The van der Waals surface area contributed by atoms with Crippen LogP contribution in [0.3, 0.4) is 0 Å². The Bertz CT molecular complexity index is 479. The molecule has 25 heavy (non-hydrogen) atoms. The lowest BCUT2D eigenvalue weighted by Crippen LogP contribution is -2.16. The van der Waals surface area contributed by atoms with Gasteiger partial charge in [-0.2, -0.15) is 10.2 Å². The van der Waals surface area contributed by atoms with Crippen LogP contribution in [0.4, 0.5) is 0 Å². The van der Waals surface area contributed by atoms with Crippen LogP contribution in [0.2, 0.25) is 0 Å². The molecule has 140 valence electrons. The molecule has 1 aromatic rings. The van der Waals surface area contributed by atoms with Crippen molar-refractivity contribution in [1.82, 2.24) is 10.2 Å². The van der Waals surface area contributed by atoms with Crippen LogP contribution in [-0.4, -0.2) is 10.2 Å². The molecule has 2 nitrogen and oxygen atoms in total. The Kier molecular flexibility index (Phi) is 7.31. The largest absolute Gasteiger partial charge is 0.155 e. The van der Waals surface area contributed by atoms with E-state index in [1.165, 1.54) is 94.9 Å².